The minimum Gasteiger partial charge on any atom is -0.352 e. The average Bonchev–Trinajstić information content (AvgIpc) is 2.14. The minimum absolute atomic E-state index is 0.186. The van der Waals surface area contributed by atoms with Crippen LogP contribution in [-0.2, 0) is 0 Å². The first-order valence-electron chi connectivity index (χ1n) is 4.98. The molecule has 1 aromatic carbocycles. The predicted molar refractivity (Wildman–Crippen MR) is 61.7 cm³/mol. The lowest BCUT2D eigenvalue weighted by Crippen LogP contribution is -2.27. The molecule has 0 saturated carbocycles. The second-order valence-electron chi connectivity index (χ2n) is 3.57. The van der Waals surface area contributed by atoms with Crippen molar-refractivity contribution >= 4 is 21.8 Å². The molecule has 1 atom stereocenters. The highest BCUT2D eigenvalue weighted by atomic mass is 79.9. The third-order valence-electron chi connectivity index (χ3n) is 2.06. The molecule has 0 spiro atoms. The van der Waals surface area contributed by atoms with Crippen LogP contribution in [0.3, 0.4) is 0 Å². The van der Waals surface area contributed by atoms with Crippen LogP contribution < -0.4 is 5.32 Å². The van der Waals surface area contributed by atoms with Gasteiger partial charge in [0.1, 0.15) is 23.0 Å². The smallest absolute Gasteiger partial charge is 0.257 e. The van der Waals surface area contributed by atoms with Crippen molar-refractivity contribution in [2.75, 3.05) is 6.54 Å². The molecule has 6 heteroatoms. The summed E-state index contributed by atoms with van der Waals surface area (Å²) in [6.07, 6.45) is 0.621. The van der Waals surface area contributed by atoms with Crippen LogP contribution in [-0.4, -0.2) is 17.3 Å². The molecule has 94 valence electrons. The number of carbonyl (C=O) groups is 1. The second kappa shape index (κ2) is 6.05. The van der Waals surface area contributed by atoms with E-state index < -0.39 is 28.9 Å². The van der Waals surface area contributed by atoms with E-state index in [1.54, 1.807) is 0 Å². The number of rotatable bonds is 4. The summed E-state index contributed by atoms with van der Waals surface area (Å²) in [7, 11) is 0. The van der Waals surface area contributed by atoms with Gasteiger partial charge in [-0.05, 0) is 6.42 Å². The number of alkyl halides is 1. The van der Waals surface area contributed by atoms with Crippen LogP contribution in [0.2, 0.25) is 0 Å². The Morgan fingerprint density at radius 2 is 1.88 bits per heavy atom. The average molecular weight is 310 g/mol. The summed E-state index contributed by atoms with van der Waals surface area (Å²) in [5.41, 5.74) is -0.756. The Balaban J connectivity index is 2.76. The van der Waals surface area contributed by atoms with Crippen molar-refractivity contribution in [1.82, 2.24) is 5.32 Å². The molecule has 0 aliphatic rings. The number of halogens is 4. The number of amides is 1. The van der Waals surface area contributed by atoms with Gasteiger partial charge in [-0.2, -0.15) is 0 Å². The number of nitrogens with one attached hydrogen (secondary N) is 1. The fraction of sp³-hybridized carbons (Fsp3) is 0.364. The van der Waals surface area contributed by atoms with Crippen LogP contribution in [0.4, 0.5) is 13.2 Å². The molecule has 17 heavy (non-hydrogen) atoms. The summed E-state index contributed by atoms with van der Waals surface area (Å²) < 4.78 is 39.0. The molecule has 0 aliphatic carbocycles. The van der Waals surface area contributed by atoms with Gasteiger partial charge in [0.05, 0.1) is 0 Å². The van der Waals surface area contributed by atoms with Crippen molar-refractivity contribution in [3.63, 3.8) is 0 Å². The molecule has 1 amide bonds. The topological polar surface area (TPSA) is 29.1 Å². The first-order chi connectivity index (χ1) is 7.91. The van der Waals surface area contributed by atoms with Crippen molar-refractivity contribution in [3.8, 4) is 0 Å². The number of benzene rings is 1. The highest BCUT2D eigenvalue weighted by Gasteiger charge is 2.18. The Labute approximate surface area is 105 Å². The molecular formula is C11H11BrF3NO. The van der Waals surface area contributed by atoms with E-state index in [9.17, 15) is 18.0 Å². The molecule has 0 aromatic heterocycles. The molecule has 2 nitrogen and oxygen atoms in total. The second-order valence-corrected chi connectivity index (χ2v) is 5.13. The minimum atomic E-state index is -1.20. The maximum Gasteiger partial charge on any atom is 0.257 e. The summed E-state index contributed by atoms with van der Waals surface area (Å²) in [6, 6.07) is 0.955. The van der Waals surface area contributed by atoms with E-state index in [2.05, 4.69) is 21.2 Å². The predicted octanol–water partition coefficient (Wildman–Crippen LogP) is 3.01. The molecule has 0 bridgehead atoms. The molecule has 0 radical (unpaired) electrons. The van der Waals surface area contributed by atoms with Gasteiger partial charge < -0.3 is 5.32 Å². The van der Waals surface area contributed by atoms with Gasteiger partial charge in [0.15, 0.2) is 0 Å². The van der Waals surface area contributed by atoms with Crippen molar-refractivity contribution in [2.24, 2.45) is 0 Å². The van der Waals surface area contributed by atoms with Gasteiger partial charge in [-0.1, -0.05) is 22.9 Å². The van der Waals surface area contributed by atoms with Crippen LogP contribution in [0.5, 0.6) is 0 Å². The maximum absolute atomic E-state index is 13.2. The SMILES string of the molecule is CC(Br)CCNC(=O)c1c(F)cc(F)cc1F. The van der Waals surface area contributed by atoms with E-state index in [1.807, 2.05) is 6.92 Å². The van der Waals surface area contributed by atoms with E-state index >= 15 is 0 Å². The Hall–Kier alpha value is -1.04. The zero-order chi connectivity index (χ0) is 13.0. The van der Waals surface area contributed by atoms with E-state index in [0.29, 0.717) is 18.6 Å². The normalized spacial score (nSPS) is 12.3. The monoisotopic (exact) mass is 309 g/mol. The fourth-order valence-electron chi connectivity index (χ4n) is 1.23. The molecule has 0 fully saturated rings. The molecule has 1 aromatic rings. The lowest BCUT2D eigenvalue weighted by molar-refractivity contribution is 0.0945. The highest BCUT2D eigenvalue weighted by molar-refractivity contribution is 9.09. The van der Waals surface area contributed by atoms with Crippen molar-refractivity contribution in [3.05, 3.63) is 35.1 Å². The summed E-state index contributed by atoms with van der Waals surface area (Å²) >= 11 is 3.27. The highest BCUT2D eigenvalue weighted by Crippen LogP contribution is 2.14. The number of hydrogen-bond acceptors (Lipinski definition) is 1. The van der Waals surface area contributed by atoms with Gasteiger partial charge in [0.2, 0.25) is 0 Å². The van der Waals surface area contributed by atoms with E-state index in [4.69, 9.17) is 0 Å². The first-order valence-corrected chi connectivity index (χ1v) is 5.90. The summed E-state index contributed by atoms with van der Waals surface area (Å²) in [5.74, 6) is -4.34. The Morgan fingerprint density at radius 3 is 2.35 bits per heavy atom. The van der Waals surface area contributed by atoms with Gasteiger partial charge in [-0.25, -0.2) is 13.2 Å². The van der Waals surface area contributed by atoms with Crippen LogP contribution >= 0.6 is 15.9 Å². The van der Waals surface area contributed by atoms with E-state index in [0.717, 1.165) is 0 Å². The summed E-state index contributed by atoms with van der Waals surface area (Å²) in [6.45, 7) is 2.16. The molecule has 1 unspecified atom stereocenters. The zero-order valence-corrected chi connectivity index (χ0v) is 10.7. The van der Waals surface area contributed by atoms with Crippen LogP contribution in [0.15, 0.2) is 12.1 Å². The van der Waals surface area contributed by atoms with E-state index in [-0.39, 0.29) is 11.4 Å². The first kappa shape index (κ1) is 14.0. The largest absolute Gasteiger partial charge is 0.352 e. The van der Waals surface area contributed by atoms with Gasteiger partial charge >= 0.3 is 0 Å². The lowest BCUT2D eigenvalue weighted by Gasteiger charge is -2.08. The fourth-order valence-corrected chi connectivity index (χ4v) is 1.46. The van der Waals surface area contributed by atoms with Crippen LogP contribution in [0.25, 0.3) is 0 Å². The van der Waals surface area contributed by atoms with Gasteiger partial charge in [0.25, 0.3) is 5.91 Å². The quantitative estimate of drug-likeness (QED) is 0.851. The molecule has 0 aliphatic heterocycles. The molecule has 1 N–H and O–H groups in total. The Morgan fingerprint density at radius 1 is 1.35 bits per heavy atom. The standard InChI is InChI=1S/C11H11BrF3NO/c1-6(12)2-3-16-11(17)10-8(14)4-7(13)5-9(10)15/h4-6H,2-3H2,1H3,(H,16,17). The van der Waals surface area contributed by atoms with Crippen LogP contribution in [0, 0.1) is 17.5 Å². The van der Waals surface area contributed by atoms with Crippen LogP contribution in [0.1, 0.15) is 23.7 Å². The third-order valence-corrected chi connectivity index (χ3v) is 2.52. The maximum atomic E-state index is 13.2. The lowest BCUT2D eigenvalue weighted by atomic mass is 10.1. The Kier molecular flexibility index (Phi) is 4.99. The molecular weight excluding hydrogens is 299 g/mol. The van der Waals surface area contributed by atoms with Gasteiger partial charge in [-0.3, -0.25) is 4.79 Å². The summed E-state index contributed by atoms with van der Waals surface area (Å²) in [5, 5.41) is 2.36. The molecule has 1 rings (SSSR count). The zero-order valence-electron chi connectivity index (χ0n) is 9.07. The number of hydrogen-bond donors (Lipinski definition) is 1. The van der Waals surface area contributed by atoms with Gasteiger partial charge in [0, 0.05) is 23.5 Å². The summed E-state index contributed by atoms with van der Waals surface area (Å²) in [4.78, 5) is 11.6. The number of carbonyl (C=O) groups excluding carboxylic acids is 1. The third kappa shape index (κ3) is 4.03. The van der Waals surface area contributed by atoms with E-state index in [1.165, 1.54) is 0 Å². The van der Waals surface area contributed by atoms with Crippen molar-refractivity contribution < 1.29 is 18.0 Å². The molecule has 0 heterocycles. The van der Waals surface area contributed by atoms with Crippen molar-refractivity contribution in [2.45, 2.75) is 18.2 Å². The van der Waals surface area contributed by atoms with Crippen molar-refractivity contribution in [1.29, 1.82) is 0 Å². The Bertz CT molecular complexity index is 400. The molecule has 0 saturated heterocycles. The van der Waals surface area contributed by atoms with Gasteiger partial charge in [-0.15, -0.1) is 0 Å².